The van der Waals surface area contributed by atoms with Crippen molar-refractivity contribution in [3.63, 3.8) is 0 Å². The van der Waals surface area contributed by atoms with E-state index in [1.807, 2.05) is 37.3 Å². The Morgan fingerprint density at radius 1 is 1.19 bits per heavy atom. The summed E-state index contributed by atoms with van der Waals surface area (Å²) >= 11 is 0. The number of fused-ring (bicyclic) bond motifs is 1. The predicted molar refractivity (Wildman–Crippen MR) is 80.8 cm³/mol. The molecule has 0 saturated heterocycles. The van der Waals surface area contributed by atoms with Crippen LogP contribution in [0.2, 0.25) is 0 Å². The molecular weight excluding hydrogens is 262 g/mol. The Balaban J connectivity index is 2.02. The zero-order valence-electron chi connectivity index (χ0n) is 11.9. The Hall–Kier alpha value is -2.80. The first-order chi connectivity index (χ1) is 10.1. The van der Waals surface area contributed by atoms with E-state index in [0.29, 0.717) is 5.56 Å². The van der Waals surface area contributed by atoms with Gasteiger partial charge in [-0.05, 0) is 36.2 Å². The van der Waals surface area contributed by atoms with E-state index >= 15 is 0 Å². The van der Waals surface area contributed by atoms with Gasteiger partial charge < -0.3 is 10.2 Å². The van der Waals surface area contributed by atoms with Gasteiger partial charge in [-0.1, -0.05) is 24.3 Å². The molecule has 1 N–H and O–H groups in total. The number of nitriles is 1. The first-order valence-corrected chi connectivity index (χ1v) is 6.75. The van der Waals surface area contributed by atoms with Crippen LogP contribution in [-0.4, -0.2) is 17.9 Å². The van der Waals surface area contributed by atoms with Crippen LogP contribution in [0.15, 0.2) is 42.5 Å². The number of amides is 1. The maximum Gasteiger partial charge on any atom is 0.257 e. The minimum absolute atomic E-state index is 0.0104. The van der Waals surface area contributed by atoms with Crippen LogP contribution in [0.3, 0.4) is 0 Å². The highest BCUT2D eigenvalue weighted by Gasteiger charge is 2.31. The van der Waals surface area contributed by atoms with Crippen LogP contribution in [0.5, 0.6) is 0 Å². The topological polar surface area (TPSA) is 56.1 Å². The minimum atomic E-state index is -0.223. The number of nitrogens with zero attached hydrogens (tertiary/aromatic N) is 2. The molecular formula is C17H15N3O. The van der Waals surface area contributed by atoms with Gasteiger partial charge in [-0.2, -0.15) is 5.26 Å². The molecule has 0 bridgehead atoms. The van der Waals surface area contributed by atoms with Crippen molar-refractivity contribution < 1.29 is 4.79 Å². The van der Waals surface area contributed by atoms with Crippen molar-refractivity contribution in [2.24, 2.45) is 0 Å². The molecule has 3 rings (SSSR count). The normalized spacial score (nSPS) is 16.9. The highest BCUT2D eigenvalue weighted by Crippen LogP contribution is 2.33. The Morgan fingerprint density at radius 3 is 2.57 bits per heavy atom. The summed E-state index contributed by atoms with van der Waals surface area (Å²) in [5.74, 6) is 0.0104. The highest BCUT2D eigenvalue weighted by atomic mass is 16.2. The van der Waals surface area contributed by atoms with E-state index in [4.69, 9.17) is 5.26 Å². The molecule has 1 atom stereocenters. The van der Waals surface area contributed by atoms with Crippen LogP contribution >= 0.6 is 0 Å². The molecule has 0 radical (unpaired) electrons. The number of nitrogens with one attached hydrogen (secondary N) is 1. The van der Waals surface area contributed by atoms with Gasteiger partial charge in [0.1, 0.15) is 6.17 Å². The summed E-state index contributed by atoms with van der Waals surface area (Å²) in [5, 5.41) is 12.3. The van der Waals surface area contributed by atoms with Gasteiger partial charge in [-0.25, -0.2) is 0 Å². The largest absolute Gasteiger partial charge is 0.361 e. The third-order valence-corrected chi connectivity index (χ3v) is 3.84. The Kier molecular flexibility index (Phi) is 3.11. The van der Waals surface area contributed by atoms with Gasteiger partial charge in [0.15, 0.2) is 0 Å². The van der Waals surface area contributed by atoms with E-state index in [9.17, 15) is 4.79 Å². The smallest absolute Gasteiger partial charge is 0.257 e. The monoisotopic (exact) mass is 277 g/mol. The van der Waals surface area contributed by atoms with Crippen molar-refractivity contribution in [3.8, 4) is 6.07 Å². The Morgan fingerprint density at radius 2 is 1.90 bits per heavy atom. The number of anilines is 1. The van der Waals surface area contributed by atoms with E-state index in [-0.39, 0.29) is 12.1 Å². The molecule has 0 spiro atoms. The van der Waals surface area contributed by atoms with Gasteiger partial charge in [0.05, 0.1) is 17.2 Å². The van der Waals surface area contributed by atoms with Crippen molar-refractivity contribution in [3.05, 3.63) is 64.7 Å². The molecule has 4 heteroatoms. The standard InChI is InChI=1S/C17H15N3O/c1-11-4-3-5-14-15(11)17(21)20(2)16(19-14)13-8-6-12(10-18)7-9-13/h3-9,16,19H,1-2H3/t16-/m1/s1. The van der Waals surface area contributed by atoms with Crippen LogP contribution in [0, 0.1) is 18.3 Å². The first kappa shape index (κ1) is 13.2. The average Bonchev–Trinajstić information content (AvgIpc) is 2.51. The lowest BCUT2D eigenvalue weighted by atomic mass is 10.00. The number of carbonyl (C=O) groups excluding carboxylic acids is 1. The summed E-state index contributed by atoms with van der Waals surface area (Å²) in [6, 6.07) is 15.2. The van der Waals surface area contributed by atoms with Crippen LogP contribution in [-0.2, 0) is 0 Å². The molecule has 21 heavy (non-hydrogen) atoms. The summed E-state index contributed by atoms with van der Waals surface area (Å²) in [4.78, 5) is 14.3. The number of hydrogen-bond donors (Lipinski definition) is 1. The second kappa shape index (κ2) is 4.95. The molecule has 1 amide bonds. The van der Waals surface area contributed by atoms with Crippen LogP contribution in [0.1, 0.15) is 33.2 Å². The molecule has 0 unspecified atom stereocenters. The molecule has 1 aliphatic heterocycles. The summed E-state index contributed by atoms with van der Waals surface area (Å²) in [7, 11) is 1.79. The molecule has 2 aromatic carbocycles. The molecule has 0 fully saturated rings. The van der Waals surface area contributed by atoms with Gasteiger partial charge in [0.2, 0.25) is 0 Å². The van der Waals surface area contributed by atoms with Crippen LogP contribution in [0.25, 0.3) is 0 Å². The second-order valence-corrected chi connectivity index (χ2v) is 5.19. The second-order valence-electron chi connectivity index (χ2n) is 5.19. The summed E-state index contributed by atoms with van der Waals surface area (Å²) in [6.45, 7) is 1.94. The highest BCUT2D eigenvalue weighted by molar-refractivity contribution is 6.02. The fraction of sp³-hybridized carbons (Fsp3) is 0.176. The Labute approximate surface area is 123 Å². The number of aryl methyl sites for hydroxylation is 1. The van der Waals surface area contributed by atoms with Crippen molar-refractivity contribution in [2.75, 3.05) is 12.4 Å². The van der Waals surface area contributed by atoms with Crippen molar-refractivity contribution in [1.82, 2.24) is 4.90 Å². The summed E-state index contributed by atoms with van der Waals surface area (Å²) < 4.78 is 0. The lowest BCUT2D eigenvalue weighted by molar-refractivity contribution is 0.0734. The number of carbonyl (C=O) groups is 1. The quantitative estimate of drug-likeness (QED) is 0.871. The maximum absolute atomic E-state index is 12.6. The Bertz CT molecular complexity index is 744. The van der Waals surface area contributed by atoms with Crippen LogP contribution in [0.4, 0.5) is 5.69 Å². The fourth-order valence-corrected chi connectivity index (χ4v) is 2.66. The van der Waals surface area contributed by atoms with E-state index < -0.39 is 0 Å². The molecule has 1 aliphatic rings. The van der Waals surface area contributed by atoms with Gasteiger partial charge >= 0.3 is 0 Å². The van der Waals surface area contributed by atoms with Crippen molar-refractivity contribution >= 4 is 11.6 Å². The van der Waals surface area contributed by atoms with Gasteiger partial charge in [0, 0.05) is 12.7 Å². The molecule has 4 nitrogen and oxygen atoms in total. The lowest BCUT2D eigenvalue weighted by Gasteiger charge is -2.36. The fourth-order valence-electron chi connectivity index (χ4n) is 2.66. The molecule has 104 valence electrons. The number of benzene rings is 2. The summed E-state index contributed by atoms with van der Waals surface area (Å²) in [5.41, 5.74) is 4.12. The first-order valence-electron chi connectivity index (χ1n) is 6.75. The van der Waals surface area contributed by atoms with E-state index in [0.717, 1.165) is 22.4 Å². The van der Waals surface area contributed by atoms with E-state index in [1.54, 1.807) is 24.1 Å². The van der Waals surface area contributed by atoms with Gasteiger partial charge in [-0.3, -0.25) is 4.79 Å². The third kappa shape index (κ3) is 2.13. The molecule has 1 heterocycles. The zero-order chi connectivity index (χ0) is 15.0. The maximum atomic E-state index is 12.6. The average molecular weight is 277 g/mol. The van der Waals surface area contributed by atoms with Gasteiger partial charge in [0.25, 0.3) is 5.91 Å². The molecule has 0 aromatic heterocycles. The zero-order valence-corrected chi connectivity index (χ0v) is 11.9. The third-order valence-electron chi connectivity index (χ3n) is 3.84. The molecule has 0 aliphatic carbocycles. The lowest BCUT2D eigenvalue weighted by Crippen LogP contribution is -2.40. The number of rotatable bonds is 1. The van der Waals surface area contributed by atoms with Crippen molar-refractivity contribution in [1.29, 1.82) is 5.26 Å². The molecule has 0 saturated carbocycles. The van der Waals surface area contributed by atoms with Gasteiger partial charge in [-0.15, -0.1) is 0 Å². The number of hydrogen-bond acceptors (Lipinski definition) is 3. The predicted octanol–water partition coefficient (Wildman–Crippen LogP) is 3.06. The molecule has 2 aromatic rings. The van der Waals surface area contributed by atoms with E-state index in [2.05, 4.69) is 11.4 Å². The summed E-state index contributed by atoms with van der Waals surface area (Å²) in [6.07, 6.45) is -0.223. The van der Waals surface area contributed by atoms with Crippen LogP contribution < -0.4 is 5.32 Å². The SMILES string of the molecule is Cc1cccc2c1C(=O)N(C)[C@H](c1ccc(C#N)cc1)N2. The van der Waals surface area contributed by atoms with Crippen molar-refractivity contribution in [2.45, 2.75) is 13.1 Å². The van der Waals surface area contributed by atoms with E-state index in [1.165, 1.54) is 0 Å². The minimum Gasteiger partial charge on any atom is -0.361 e.